The van der Waals surface area contributed by atoms with Crippen molar-refractivity contribution < 1.29 is 17.9 Å². The van der Waals surface area contributed by atoms with Gasteiger partial charge in [0.15, 0.2) is 11.6 Å². The minimum absolute atomic E-state index is 0.0480. The van der Waals surface area contributed by atoms with Gasteiger partial charge in [-0.1, -0.05) is 12.1 Å². The zero-order valence-corrected chi connectivity index (χ0v) is 16.2. The van der Waals surface area contributed by atoms with Crippen molar-refractivity contribution in [2.45, 2.75) is 31.7 Å². The minimum Gasteiger partial charge on any atom is -0.485 e. The Kier molecular flexibility index (Phi) is 5.63. The van der Waals surface area contributed by atoms with Gasteiger partial charge in [0.25, 0.3) is 0 Å². The molecule has 0 spiro atoms. The summed E-state index contributed by atoms with van der Waals surface area (Å²) in [7, 11) is 0. The quantitative estimate of drug-likeness (QED) is 0.655. The first-order valence-electron chi connectivity index (χ1n) is 9.70. The van der Waals surface area contributed by atoms with Crippen molar-refractivity contribution in [3.63, 3.8) is 0 Å². The maximum absolute atomic E-state index is 12.9. The fourth-order valence-corrected chi connectivity index (χ4v) is 3.49. The van der Waals surface area contributed by atoms with Crippen LogP contribution in [-0.2, 0) is 12.8 Å². The molecule has 1 aromatic carbocycles. The first-order chi connectivity index (χ1) is 14.4. The van der Waals surface area contributed by atoms with E-state index in [2.05, 4.69) is 15.4 Å². The van der Waals surface area contributed by atoms with Crippen LogP contribution in [0.1, 0.15) is 30.0 Å². The van der Waals surface area contributed by atoms with E-state index in [-0.39, 0.29) is 12.4 Å². The van der Waals surface area contributed by atoms with Gasteiger partial charge in [0.1, 0.15) is 6.61 Å². The molecule has 0 amide bonds. The fourth-order valence-electron chi connectivity index (χ4n) is 3.49. The summed E-state index contributed by atoms with van der Waals surface area (Å²) in [4.78, 5) is 4.17. The fraction of sp³-hybridized carbons (Fsp3) is 0.333. The van der Waals surface area contributed by atoms with Gasteiger partial charge in [-0.05, 0) is 49.7 Å². The van der Waals surface area contributed by atoms with E-state index < -0.39 is 11.7 Å². The van der Waals surface area contributed by atoms with E-state index in [9.17, 15) is 13.2 Å². The van der Waals surface area contributed by atoms with Crippen molar-refractivity contribution in [1.82, 2.24) is 20.1 Å². The van der Waals surface area contributed by atoms with Crippen molar-refractivity contribution >= 4 is 5.82 Å². The van der Waals surface area contributed by atoms with Crippen molar-refractivity contribution in [2.75, 3.05) is 18.8 Å². The molecule has 1 fully saturated rings. The van der Waals surface area contributed by atoms with Gasteiger partial charge in [0.2, 0.25) is 0 Å². The largest absolute Gasteiger partial charge is 0.485 e. The Labute approximate surface area is 171 Å². The van der Waals surface area contributed by atoms with Gasteiger partial charge in [-0.15, -0.1) is 0 Å². The van der Waals surface area contributed by atoms with E-state index in [1.165, 1.54) is 6.07 Å². The number of piperidine rings is 1. The molecule has 0 bridgehead atoms. The predicted molar refractivity (Wildman–Crippen MR) is 107 cm³/mol. The van der Waals surface area contributed by atoms with Crippen molar-refractivity contribution in [3.05, 3.63) is 60.0 Å². The summed E-state index contributed by atoms with van der Waals surface area (Å²) in [6.07, 6.45) is 3.02. The highest BCUT2D eigenvalue weighted by molar-refractivity contribution is 5.65. The number of anilines is 1. The number of nitrogens with two attached hydrogens (primary N) is 1. The first-order valence-corrected chi connectivity index (χ1v) is 9.70. The highest BCUT2D eigenvalue weighted by atomic mass is 19.4. The molecule has 2 aromatic heterocycles. The van der Waals surface area contributed by atoms with E-state index in [1.54, 1.807) is 24.5 Å². The molecule has 3 heterocycles. The number of pyridine rings is 1. The molecule has 30 heavy (non-hydrogen) atoms. The van der Waals surface area contributed by atoms with Crippen LogP contribution in [0.25, 0.3) is 11.1 Å². The van der Waals surface area contributed by atoms with Gasteiger partial charge in [0.05, 0.1) is 17.8 Å². The molecule has 158 valence electrons. The first kappa shape index (κ1) is 20.2. The number of hydrogen-bond acceptors (Lipinski definition) is 5. The third-order valence-electron chi connectivity index (χ3n) is 5.15. The molecular formula is C21H22F3N5O. The Hall–Kier alpha value is -3.07. The van der Waals surface area contributed by atoms with E-state index in [0.717, 1.165) is 49.2 Å². The summed E-state index contributed by atoms with van der Waals surface area (Å²) in [5.41, 5.74) is 7.25. The summed E-state index contributed by atoms with van der Waals surface area (Å²) in [6, 6.07) is 7.12. The maximum Gasteiger partial charge on any atom is 0.416 e. The number of nitrogens with zero attached hydrogens (tertiary/aromatic N) is 3. The Balaban J connectivity index is 1.49. The number of aromatic nitrogens is 3. The van der Waals surface area contributed by atoms with Gasteiger partial charge in [0, 0.05) is 23.5 Å². The van der Waals surface area contributed by atoms with Gasteiger partial charge in [-0.25, -0.2) is 4.98 Å². The van der Waals surface area contributed by atoms with Crippen LogP contribution in [-0.4, -0.2) is 27.9 Å². The monoisotopic (exact) mass is 417 g/mol. The number of nitrogens with one attached hydrogen (secondary N) is 1. The number of benzene rings is 1. The Bertz CT molecular complexity index is 1010. The van der Waals surface area contributed by atoms with Crippen LogP contribution in [0, 0.1) is 0 Å². The van der Waals surface area contributed by atoms with Crippen LogP contribution in [0.5, 0.6) is 5.75 Å². The summed E-state index contributed by atoms with van der Waals surface area (Å²) >= 11 is 0. The molecule has 9 heteroatoms. The lowest BCUT2D eigenvalue weighted by atomic mass is 10.1. The number of hydrogen-bond donors (Lipinski definition) is 2. The van der Waals surface area contributed by atoms with E-state index in [0.29, 0.717) is 17.4 Å². The molecule has 6 nitrogen and oxygen atoms in total. The molecule has 0 atom stereocenters. The molecule has 0 unspecified atom stereocenters. The Morgan fingerprint density at radius 2 is 1.93 bits per heavy atom. The molecule has 0 saturated carbocycles. The SMILES string of the molecule is Nc1ncc(-c2cnn(C3CCNCC3)c2)cc1OCc1cccc(C(F)(F)F)c1. The van der Waals surface area contributed by atoms with Crippen LogP contribution >= 0.6 is 0 Å². The normalized spacial score (nSPS) is 15.3. The molecular weight excluding hydrogens is 395 g/mol. The van der Waals surface area contributed by atoms with E-state index in [4.69, 9.17) is 10.5 Å². The highest BCUT2D eigenvalue weighted by Gasteiger charge is 2.30. The molecule has 1 aliphatic heterocycles. The van der Waals surface area contributed by atoms with Crippen LogP contribution in [0.15, 0.2) is 48.9 Å². The zero-order chi connectivity index (χ0) is 21.1. The minimum atomic E-state index is -4.40. The summed E-state index contributed by atoms with van der Waals surface area (Å²) in [5, 5.41) is 7.81. The van der Waals surface area contributed by atoms with Crippen LogP contribution < -0.4 is 15.8 Å². The average molecular weight is 417 g/mol. The number of halogens is 3. The molecule has 3 N–H and O–H groups in total. The molecule has 3 aromatic rings. The third kappa shape index (κ3) is 4.56. The summed E-state index contributed by atoms with van der Waals surface area (Å²) < 4.78 is 46.3. The lowest BCUT2D eigenvalue weighted by Crippen LogP contribution is -2.29. The molecule has 1 saturated heterocycles. The lowest BCUT2D eigenvalue weighted by Gasteiger charge is -2.22. The van der Waals surface area contributed by atoms with E-state index >= 15 is 0 Å². The smallest absolute Gasteiger partial charge is 0.416 e. The highest BCUT2D eigenvalue weighted by Crippen LogP contribution is 2.31. The second kappa shape index (κ2) is 8.35. The van der Waals surface area contributed by atoms with Gasteiger partial charge in [-0.2, -0.15) is 18.3 Å². The standard InChI is InChI=1S/C21H22F3N5O/c22-21(23,24)17-3-1-2-14(8-17)13-30-19-9-15(10-27-20(19)25)16-11-28-29(12-16)18-4-6-26-7-5-18/h1-3,8-12,18,26H,4-7,13H2,(H2,25,27). The lowest BCUT2D eigenvalue weighted by molar-refractivity contribution is -0.137. The van der Waals surface area contributed by atoms with E-state index in [1.807, 2.05) is 10.9 Å². The second-order valence-electron chi connectivity index (χ2n) is 7.28. The van der Waals surface area contributed by atoms with Crippen LogP contribution in [0.3, 0.4) is 0 Å². The topological polar surface area (TPSA) is 78.0 Å². The number of ether oxygens (including phenoxy) is 1. The number of rotatable bonds is 5. The Morgan fingerprint density at radius 3 is 2.70 bits per heavy atom. The van der Waals surface area contributed by atoms with Crippen molar-refractivity contribution in [1.29, 1.82) is 0 Å². The summed E-state index contributed by atoms with van der Waals surface area (Å²) in [5.74, 6) is 0.496. The van der Waals surface area contributed by atoms with Crippen molar-refractivity contribution in [3.8, 4) is 16.9 Å². The van der Waals surface area contributed by atoms with Gasteiger partial charge >= 0.3 is 6.18 Å². The van der Waals surface area contributed by atoms with Gasteiger partial charge < -0.3 is 15.8 Å². The molecule has 0 radical (unpaired) electrons. The molecule has 0 aliphatic carbocycles. The zero-order valence-electron chi connectivity index (χ0n) is 16.2. The average Bonchev–Trinajstić information content (AvgIpc) is 3.24. The predicted octanol–water partition coefficient (Wildman–Crippen LogP) is 4.05. The number of alkyl halides is 3. The van der Waals surface area contributed by atoms with Crippen LogP contribution in [0.2, 0.25) is 0 Å². The maximum atomic E-state index is 12.9. The number of nitrogen functional groups attached to an aromatic ring is 1. The van der Waals surface area contributed by atoms with Crippen LogP contribution in [0.4, 0.5) is 19.0 Å². The van der Waals surface area contributed by atoms with Gasteiger partial charge in [-0.3, -0.25) is 4.68 Å². The third-order valence-corrected chi connectivity index (χ3v) is 5.15. The summed E-state index contributed by atoms with van der Waals surface area (Å²) in [6.45, 7) is 1.89. The second-order valence-corrected chi connectivity index (χ2v) is 7.28. The van der Waals surface area contributed by atoms with Crippen molar-refractivity contribution in [2.24, 2.45) is 0 Å². The Morgan fingerprint density at radius 1 is 1.13 bits per heavy atom. The molecule has 1 aliphatic rings. The molecule has 4 rings (SSSR count).